The summed E-state index contributed by atoms with van der Waals surface area (Å²) in [4.78, 5) is 5.77. The van der Waals surface area contributed by atoms with Crippen LogP contribution in [0.1, 0.15) is 5.56 Å². The molecule has 170 valence electrons. The molecule has 33 heavy (non-hydrogen) atoms. The van der Waals surface area contributed by atoms with Crippen molar-refractivity contribution in [1.29, 1.82) is 0 Å². The van der Waals surface area contributed by atoms with Crippen LogP contribution in [-0.2, 0) is 11.3 Å². The molecule has 2 saturated heterocycles. The van der Waals surface area contributed by atoms with E-state index in [0.717, 1.165) is 22.2 Å². The van der Waals surface area contributed by atoms with Crippen LogP contribution in [0.5, 0.6) is 5.75 Å². The molecule has 0 spiro atoms. The lowest BCUT2D eigenvalue weighted by atomic mass is 9.84. The van der Waals surface area contributed by atoms with Crippen molar-refractivity contribution in [2.75, 3.05) is 43.6 Å². The van der Waals surface area contributed by atoms with Crippen LogP contribution in [0.3, 0.4) is 0 Å². The Kier molecular flexibility index (Phi) is 5.94. The highest BCUT2D eigenvalue weighted by Gasteiger charge is 2.40. The molecule has 1 aromatic heterocycles. The molecule has 3 aromatic rings. The Hall–Kier alpha value is -3.12. The number of hydrogen-bond acceptors (Lipinski definition) is 7. The number of benzene rings is 2. The standard InChI is InChI=1S/C24H24ClN5O3/c1-26-17-4-5-18-19(8-17)23(27-9-14-3-6-21(32-2)20(25)7-14)28-29-24(18)30-10-15-12-33-13-16(11-30)22(15)31/h3-8,15-16,22,31H,9-13H2,2H3,(H,27,28). The Morgan fingerprint density at radius 2 is 1.97 bits per heavy atom. The Morgan fingerprint density at radius 3 is 2.67 bits per heavy atom. The van der Waals surface area contributed by atoms with Crippen molar-refractivity contribution in [3.8, 4) is 5.75 Å². The third-order valence-corrected chi connectivity index (χ3v) is 6.68. The minimum absolute atomic E-state index is 0.0505. The molecule has 2 aliphatic rings. The zero-order valence-electron chi connectivity index (χ0n) is 18.2. The molecule has 2 fully saturated rings. The van der Waals surface area contributed by atoms with Crippen LogP contribution in [-0.4, -0.2) is 54.8 Å². The van der Waals surface area contributed by atoms with Crippen LogP contribution in [0.2, 0.25) is 5.02 Å². The molecule has 3 heterocycles. The van der Waals surface area contributed by atoms with Crippen molar-refractivity contribution in [2.45, 2.75) is 12.6 Å². The smallest absolute Gasteiger partial charge is 0.188 e. The highest BCUT2D eigenvalue weighted by atomic mass is 35.5. The molecule has 2 unspecified atom stereocenters. The molecule has 2 aliphatic heterocycles. The van der Waals surface area contributed by atoms with E-state index in [0.29, 0.717) is 55.1 Å². The van der Waals surface area contributed by atoms with E-state index >= 15 is 0 Å². The first-order valence-corrected chi connectivity index (χ1v) is 11.2. The van der Waals surface area contributed by atoms with E-state index in [1.807, 2.05) is 30.3 Å². The molecule has 0 radical (unpaired) electrons. The molecule has 2 N–H and O–H groups in total. The Labute approximate surface area is 196 Å². The van der Waals surface area contributed by atoms with Gasteiger partial charge in [-0.2, -0.15) is 0 Å². The number of aromatic nitrogens is 2. The SMILES string of the molecule is [C-]#[N+]c1ccc2c(N3CC4COCC(C3)C4O)nnc(NCc3ccc(OC)c(Cl)c3)c2c1. The molecular formula is C24H24ClN5O3. The second-order valence-electron chi connectivity index (χ2n) is 8.49. The molecule has 5 rings (SSSR count). The largest absolute Gasteiger partial charge is 0.495 e. The topological polar surface area (TPSA) is 84.1 Å². The van der Waals surface area contributed by atoms with E-state index in [1.54, 1.807) is 13.2 Å². The lowest BCUT2D eigenvalue weighted by Crippen LogP contribution is -2.55. The number of fused-ring (bicyclic) bond motifs is 3. The van der Waals surface area contributed by atoms with Gasteiger partial charge in [0.25, 0.3) is 0 Å². The summed E-state index contributed by atoms with van der Waals surface area (Å²) in [6.45, 7) is 10.3. The molecule has 0 amide bonds. The van der Waals surface area contributed by atoms with Crippen molar-refractivity contribution in [2.24, 2.45) is 11.8 Å². The van der Waals surface area contributed by atoms with Crippen molar-refractivity contribution in [1.82, 2.24) is 10.2 Å². The minimum atomic E-state index is -0.347. The minimum Gasteiger partial charge on any atom is -0.495 e. The van der Waals surface area contributed by atoms with Gasteiger partial charge in [-0.3, -0.25) is 0 Å². The normalized spacial score (nSPS) is 22.1. The first-order chi connectivity index (χ1) is 16.1. The second kappa shape index (κ2) is 9.02. The Balaban J connectivity index is 1.47. The van der Waals surface area contributed by atoms with Crippen LogP contribution < -0.4 is 15.0 Å². The summed E-state index contributed by atoms with van der Waals surface area (Å²) in [5.41, 5.74) is 1.51. The monoisotopic (exact) mass is 465 g/mol. The average molecular weight is 466 g/mol. The van der Waals surface area contributed by atoms with E-state index in [9.17, 15) is 5.11 Å². The molecule has 9 heteroatoms. The fourth-order valence-corrected chi connectivity index (χ4v) is 4.94. The third-order valence-electron chi connectivity index (χ3n) is 6.39. The number of nitrogens with zero attached hydrogens (tertiary/aromatic N) is 4. The van der Waals surface area contributed by atoms with Crippen molar-refractivity contribution >= 4 is 39.7 Å². The number of methoxy groups -OCH3 is 1. The molecule has 8 nitrogen and oxygen atoms in total. The second-order valence-corrected chi connectivity index (χ2v) is 8.90. The zero-order chi connectivity index (χ0) is 22.9. The van der Waals surface area contributed by atoms with Gasteiger partial charge in [0.2, 0.25) is 0 Å². The first kappa shape index (κ1) is 21.7. The summed E-state index contributed by atoms with van der Waals surface area (Å²) in [6, 6.07) is 11.2. The molecular weight excluding hydrogens is 442 g/mol. The summed E-state index contributed by atoms with van der Waals surface area (Å²) in [6.07, 6.45) is -0.347. The van der Waals surface area contributed by atoms with Crippen molar-refractivity contribution in [3.63, 3.8) is 0 Å². The highest BCUT2D eigenvalue weighted by Crippen LogP contribution is 2.36. The van der Waals surface area contributed by atoms with Gasteiger partial charge in [0.05, 0.1) is 38.0 Å². The number of aliphatic hydroxyl groups excluding tert-OH is 1. The number of hydrogen-bond donors (Lipinski definition) is 2. The van der Waals surface area contributed by atoms with E-state index < -0.39 is 0 Å². The fourth-order valence-electron chi connectivity index (χ4n) is 4.66. The number of nitrogens with one attached hydrogen (secondary N) is 1. The predicted octanol–water partition coefficient (Wildman–Crippen LogP) is 3.90. The van der Waals surface area contributed by atoms with Gasteiger partial charge >= 0.3 is 0 Å². The van der Waals surface area contributed by atoms with Gasteiger partial charge in [-0.15, -0.1) is 10.2 Å². The predicted molar refractivity (Wildman–Crippen MR) is 127 cm³/mol. The summed E-state index contributed by atoms with van der Waals surface area (Å²) < 4.78 is 10.9. The van der Waals surface area contributed by atoms with E-state index in [1.165, 1.54) is 0 Å². The number of piperidine rings is 1. The molecule has 2 atom stereocenters. The summed E-state index contributed by atoms with van der Waals surface area (Å²) in [5.74, 6) is 2.10. The van der Waals surface area contributed by atoms with Gasteiger partial charge in [-0.05, 0) is 23.8 Å². The maximum atomic E-state index is 10.5. The van der Waals surface area contributed by atoms with Crippen LogP contribution in [0.25, 0.3) is 15.6 Å². The zero-order valence-corrected chi connectivity index (χ0v) is 18.9. The number of rotatable bonds is 5. The number of aliphatic hydroxyl groups is 1. The van der Waals surface area contributed by atoms with Crippen molar-refractivity contribution in [3.05, 3.63) is 58.4 Å². The first-order valence-electron chi connectivity index (χ1n) is 10.8. The Bertz CT molecular complexity index is 1220. The van der Waals surface area contributed by atoms with E-state index in [4.69, 9.17) is 27.6 Å². The van der Waals surface area contributed by atoms with E-state index in [2.05, 4.69) is 25.3 Å². The number of ether oxygens (including phenoxy) is 2. The van der Waals surface area contributed by atoms with E-state index in [-0.39, 0.29) is 17.9 Å². The maximum Gasteiger partial charge on any atom is 0.188 e. The third kappa shape index (κ3) is 4.15. The van der Waals surface area contributed by atoms with Crippen LogP contribution in [0.4, 0.5) is 17.3 Å². The fraction of sp³-hybridized carbons (Fsp3) is 0.375. The highest BCUT2D eigenvalue weighted by molar-refractivity contribution is 6.32. The maximum absolute atomic E-state index is 10.5. The van der Waals surface area contributed by atoms with Gasteiger partial charge < -0.3 is 24.8 Å². The van der Waals surface area contributed by atoms with Crippen molar-refractivity contribution < 1.29 is 14.6 Å². The summed E-state index contributed by atoms with van der Waals surface area (Å²) >= 11 is 6.26. The molecule has 0 aliphatic carbocycles. The van der Waals surface area contributed by atoms with Gasteiger partial charge in [0, 0.05) is 42.2 Å². The van der Waals surface area contributed by atoms with Crippen LogP contribution in [0, 0.1) is 18.4 Å². The van der Waals surface area contributed by atoms with Crippen LogP contribution >= 0.6 is 11.6 Å². The van der Waals surface area contributed by atoms with Gasteiger partial charge in [0.1, 0.15) is 5.75 Å². The summed E-state index contributed by atoms with van der Waals surface area (Å²) in [7, 11) is 1.58. The quantitative estimate of drug-likeness (QED) is 0.553. The molecule has 0 saturated carbocycles. The molecule has 2 bridgehead atoms. The molecule has 2 aromatic carbocycles. The lowest BCUT2D eigenvalue weighted by molar-refractivity contribution is -0.0870. The van der Waals surface area contributed by atoms with Gasteiger partial charge in [-0.1, -0.05) is 29.8 Å². The van der Waals surface area contributed by atoms with Crippen LogP contribution in [0.15, 0.2) is 36.4 Å². The number of halogens is 1. The number of anilines is 2. The Morgan fingerprint density at radius 1 is 1.18 bits per heavy atom. The lowest BCUT2D eigenvalue weighted by Gasteiger charge is -2.45. The van der Waals surface area contributed by atoms with Gasteiger partial charge in [-0.25, -0.2) is 4.85 Å². The van der Waals surface area contributed by atoms with Gasteiger partial charge in [0.15, 0.2) is 17.3 Å². The summed E-state index contributed by atoms with van der Waals surface area (Å²) in [5, 5.41) is 25.2. The average Bonchev–Trinajstić information content (AvgIpc) is 2.82.